The molecule has 2 aromatic rings. The quantitative estimate of drug-likeness (QED) is 0.761. The standard InChI is InChI=1S/C17H20N4O5/c1-18-16(22)5-6-21(2)17(23)13-7-11(19-20-13)9-24-12-3-4-14-15(8-12)26-10-25-14/h3-4,7-8H,5-6,9-10H2,1-2H3,(H,18,22)(H,19,20). The number of aromatic nitrogens is 2. The number of carbonyl (C=O) groups is 2. The van der Waals surface area contributed by atoms with Gasteiger partial charge in [-0.3, -0.25) is 14.7 Å². The molecule has 1 aromatic heterocycles. The molecule has 2 heterocycles. The van der Waals surface area contributed by atoms with Crippen molar-refractivity contribution in [2.24, 2.45) is 0 Å². The molecule has 3 rings (SSSR count). The molecule has 0 saturated carbocycles. The molecule has 0 aliphatic carbocycles. The van der Waals surface area contributed by atoms with Gasteiger partial charge < -0.3 is 24.4 Å². The number of ether oxygens (including phenoxy) is 3. The van der Waals surface area contributed by atoms with Crippen LogP contribution in [0.15, 0.2) is 24.3 Å². The van der Waals surface area contributed by atoms with Gasteiger partial charge in [0.25, 0.3) is 5.91 Å². The summed E-state index contributed by atoms with van der Waals surface area (Å²) >= 11 is 0. The zero-order chi connectivity index (χ0) is 18.5. The topological polar surface area (TPSA) is 106 Å². The maximum absolute atomic E-state index is 12.3. The number of H-pyrrole nitrogens is 1. The molecule has 2 N–H and O–H groups in total. The molecule has 0 bridgehead atoms. The summed E-state index contributed by atoms with van der Waals surface area (Å²) in [5.41, 5.74) is 0.930. The van der Waals surface area contributed by atoms with Crippen LogP contribution in [-0.2, 0) is 11.4 Å². The smallest absolute Gasteiger partial charge is 0.274 e. The zero-order valence-electron chi connectivity index (χ0n) is 14.6. The summed E-state index contributed by atoms with van der Waals surface area (Å²) in [5.74, 6) is 1.57. The molecule has 9 heteroatoms. The highest BCUT2D eigenvalue weighted by atomic mass is 16.7. The van der Waals surface area contributed by atoms with Crippen LogP contribution in [0.25, 0.3) is 0 Å². The Hall–Kier alpha value is -3.23. The van der Waals surface area contributed by atoms with Gasteiger partial charge >= 0.3 is 0 Å². The SMILES string of the molecule is CNC(=O)CCN(C)C(=O)c1cc(COc2ccc3c(c2)OCO3)[nH]n1. The van der Waals surface area contributed by atoms with Crippen LogP contribution in [-0.4, -0.2) is 54.3 Å². The number of hydrogen-bond donors (Lipinski definition) is 2. The van der Waals surface area contributed by atoms with Crippen LogP contribution < -0.4 is 19.5 Å². The fourth-order valence-electron chi connectivity index (χ4n) is 2.36. The van der Waals surface area contributed by atoms with Gasteiger partial charge in [0.15, 0.2) is 17.2 Å². The molecule has 0 atom stereocenters. The number of fused-ring (bicyclic) bond motifs is 1. The Morgan fingerprint density at radius 3 is 2.92 bits per heavy atom. The first kappa shape index (κ1) is 17.6. The van der Waals surface area contributed by atoms with Crippen molar-refractivity contribution in [3.8, 4) is 17.2 Å². The highest BCUT2D eigenvalue weighted by Crippen LogP contribution is 2.35. The average Bonchev–Trinajstić information content (AvgIpc) is 3.32. The van der Waals surface area contributed by atoms with E-state index in [1.807, 2.05) is 0 Å². The van der Waals surface area contributed by atoms with E-state index in [2.05, 4.69) is 15.5 Å². The zero-order valence-corrected chi connectivity index (χ0v) is 14.6. The van der Waals surface area contributed by atoms with Crippen LogP contribution >= 0.6 is 0 Å². The van der Waals surface area contributed by atoms with E-state index in [4.69, 9.17) is 14.2 Å². The summed E-state index contributed by atoms with van der Waals surface area (Å²) in [5, 5.41) is 9.31. The van der Waals surface area contributed by atoms with Crippen molar-refractivity contribution in [2.45, 2.75) is 13.0 Å². The number of hydrogen-bond acceptors (Lipinski definition) is 6. The van der Waals surface area contributed by atoms with Crippen LogP contribution in [0.2, 0.25) is 0 Å². The highest BCUT2D eigenvalue weighted by molar-refractivity contribution is 5.92. The minimum Gasteiger partial charge on any atom is -0.487 e. The number of carbonyl (C=O) groups excluding carboxylic acids is 2. The van der Waals surface area contributed by atoms with Gasteiger partial charge in [-0.05, 0) is 18.2 Å². The number of amides is 2. The van der Waals surface area contributed by atoms with E-state index in [-0.39, 0.29) is 37.3 Å². The molecule has 2 amide bonds. The Balaban J connectivity index is 1.54. The van der Waals surface area contributed by atoms with Gasteiger partial charge in [0.05, 0.1) is 5.69 Å². The predicted octanol–water partition coefficient (Wildman–Crippen LogP) is 0.925. The Morgan fingerprint density at radius 2 is 2.12 bits per heavy atom. The molecule has 1 aliphatic rings. The van der Waals surface area contributed by atoms with Crippen LogP contribution in [0.3, 0.4) is 0 Å². The van der Waals surface area contributed by atoms with Gasteiger partial charge in [-0.15, -0.1) is 0 Å². The van der Waals surface area contributed by atoms with E-state index >= 15 is 0 Å². The number of aromatic amines is 1. The van der Waals surface area contributed by atoms with Crippen LogP contribution in [0, 0.1) is 0 Å². The molecule has 26 heavy (non-hydrogen) atoms. The second kappa shape index (κ2) is 7.77. The van der Waals surface area contributed by atoms with Crippen molar-refractivity contribution in [3.05, 3.63) is 35.7 Å². The molecule has 0 fully saturated rings. The van der Waals surface area contributed by atoms with Crippen molar-refractivity contribution < 1.29 is 23.8 Å². The monoisotopic (exact) mass is 360 g/mol. The van der Waals surface area contributed by atoms with Crippen molar-refractivity contribution in [2.75, 3.05) is 27.4 Å². The van der Waals surface area contributed by atoms with Gasteiger partial charge in [-0.25, -0.2) is 0 Å². The average molecular weight is 360 g/mol. The van der Waals surface area contributed by atoms with E-state index in [0.717, 1.165) is 0 Å². The Bertz CT molecular complexity index is 804. The molecular formula is C17H20N4O5. The van der Waals surface area contributed by atoms with Crippen molar-refractivity contribution >= 4 is 11.8 Å². The summed E-state index contributed by atoms with van der Waals surface area (Å²) in [4.78, 5) is 25.0. The largest absolute Gasteiger partial charge is 0.487 e. The Morgan fingerprint density at radius 1 is 1.31 bits per heavy atom. The molecule has 0 spiro atoms. The molecule has 9 nitrogen and oxygen atoms in total. The predicted molar refractivity (Wildman–Crippen MR) is 91.1 cm³/mol. The molecule has 0 unspecified atom stereocenters. The van der Waals surface area contributed by atoms with Gasteiger partial charge in [0, 0.05) is 33.1 Å². The summed E-state index contributed by atoms with van der Waals surface area (Å²) in [7, 11) is 3.19. The third-order valence-electron chi connectivity index (χ3n) is 3.89. The molecule has 138 valence electrons. The molecule has 1 aliphatic heterocycles. The summed E-state index contributed by atoms with van der Waals surface area (Å²) < 4.78 is 16.2. The Kier molecular flexibility index (Phi) is 5.26. The molecule has 1 aromatic carbocycles. The Labute approximate surface area is 150 Å². The molecule has 0 radical (unpaired) electrons. The second-order valence-corrected chi connectivity index (χ2v) is 5.73. The number of nitrogens with one attached hydrogen (secondary N) is 2. The van der Waals surface area contributed by atoms with Crippen LogP contribution in [0.5, 0.6) is 17.2 Å². The minimum atomic E-state index is -0.264. The van der Waals surface area contributed by atoms with Gasteiger partial charge in [-0.1, -0.05) is 0 Å². The lowest BCUT2D eigenvalue weighted by atomic mass is 10.3. The fourth-order valence-corrected chi connectivity index (χ4v) is 2.36. The van der Waals surface area contributed by atoms with Crippen molar-refractivity contribution in [1.82, 2.24) is 20.4 Å². The van der Waals surface area contributed by atoms with Gasteiger partial charge in [-0.2, -0.15) is 5.10 Å². The van der Waals surface area contributed by atoms with E-state index < -0.39 is 0 Å². The second-order valence-electron chi connectivity index (χ2n) is 5.73. The van der Waals surface area contributed by atoms with E-state index in [0.29, 0.717) is 29.5 Å². The summed E-state index contributed by atoms with van der Waals surface area (Å²) in [6, 6.07) is 6.94. The van der Waals surface area contributed by atoms with E-state index in [1.54, 1.807) is 38.4 Å². The van der Waals surface area contributed by atoms with Gasteiger partial charge in [0.2, 0.25) is 12.7 Å². The van der Waals surface area contributed by atoms with E-state index in [1.165, 1.54) is 4.90 Å². The maximum Gasteiger partial charge on any atom is 0.274 e. The summed E-state index contributed by atoms with van der Waals surface area (Å²) in [6.07, 6.45) is 0.239. The minimum absolute atomic E-state index is 0.121. The van der Waals surface area contributed by atoms with Crippen molar-refractivity contribution in [1.29, 1.82) is 0 Å². The normalized spacial score (nSPS) is 11.9. The first-order chi connectivity index (χ1) is 12.6. The fraction of sp³-hybridized carbons (Fsp3) is 0.353. The number of benzene rings is 1. The first-order valence-corrected chi connectivity index (χ1v) is 8.09. The van der Waals surface area contributed by atoms with Crippen LogP contribution in [0.1, 0.15) is 22.6 Å². The summed E-state index contributed by atoms with van der Waals surface area (Å²) in [6.45, 7) is 0.745. The number of nitrogens with zero attached hydrogens (tertiary/aromatic N) is 2. The van der Waals surface area contributed by atoms with Crippen molar-refractivity contribution in [3.63, 3.8) is 0 Å². The molecule has 0 saturated heterocycles. The first-order valence-electron chi connectivity index (χ1n) is 8.09. The lowest BCUT2D eigenvalue weighted by Gasteiger charge is -2.14. The lowest BCUT2D eigenvalue weighted by Crippen LogP contribution is -2.31. The third kappa shape index (κ3) is 4.05. The van der Waals surface area contributed by atoms with Gasteiger partial charge in [0.1, 0.15) is 12.4 Å². The molecular weight excluding hydrogens is 340 g/mol. The van der Waals surface area contributed by atoms with Crippen LogP contribution in [0.4, 0.5) is 0 Å². The number of rotatable bonds is 7. The highest BCUT2D eigenvalue weighted by Gasteiger charge is 2.17. The third-order valence-corrected chi connectivity index (χ3v) is 3.89. The van der Waals surface area contributed by atoms with E-state index in [9.17, 15) is 9.59 Å². The maximum atomic E-state index is 12.3. The lowest BCUT2D eigenvalue weighted by molar-refractivity contribution is -0.120.